The van der Waals surface area contributed by atoms with E-state index in [1.807, 2.05) is 0 Å². The SMILES string of the molecule is O=C(O)CCCCCCCCCCCCCOc1c(I)cc(I)cc1I. The molecule has 0 atom stereocenters. The van der Waals surface area contributed by atoms with Gasteiger partial charge in [0.2, 0.25) is 0 Å². The van der Waals surface area contributed by atoms with E-state index in [2.05, 4.69) is 79.9 Å². The number of hydrogen-bond donors (Lipinski definition) is 1. The van der Waals surface area contributed by atoms with Gasteiger partial charge in [-0.05, 0) is 92.7 Å². The molecule has 0 saturated carbocycles. The van der Waals surface area contributed by atoms with Crippen LogP contribution in [0.25, 0.3) is 0 Å². The van der Waals surface area contributed by atoms with Crippen LogP contribution in [-0.4, -0.2) is 17.7 Å². The molecule has 3 nitrogen and oxygen atoms in total. The predicted octanol–water partition coefficient (Wildman–Crippen LogP) is 7.65. The molecule has 0 aliphatic rings. The van der Waals surface area contributed by atoms with Crippen LogP contribution < -0.4 is 4.74 Å². The van der Waals surface area contributed by atoms with E-state index in [1.54, 1.807) is 0 Å². The van der Waals surface area contributed by atoms with Crippen molar-refractivity contribution >= 4 is 73.7 Å². The third kappa shape index (κ3) is 12.2. The van der Waals surface area contributed by atoms with E-state index >= 15 is 0 Å². The number of aliphatic carboxylic acids is 1. The van der Waals surface area contributed by atoms with E-state index in [9.17, 15) is 4.79 Å². The van der Waals surface area contributed by atoms with Crippen LogP contribution in [0.1, 0.15) is 77.0 Å². The van der Waals surface area contributed by atoms with Crippen molar-refractivity contribution in [3.63, 3.8) is 0 Å². The number of carbonyl (C=O) groups is 1. The average Bonchev–Trinajstić information content (AvgIpc) is 2.56. The van der Waals surface area contributed by atoms with Gasteiger partial charge in [-0.2, -0.15) is 0 Å². The van der Waals surface area contributed by atoms with E-state index in [0.29, 0.717) is 6.42 Å². The molecule has 0 heterocycles. The van der Waals surface area contributed by atoms with Gasteiger partial charge in [-0.3, -0.25) is 4.79 Å². The number of unbranched alkanes of at least 4 members (excludes halogenated alkanes) is 10. The molecule has 0 spiro atoms. The van der Waals surface area contributed by atoms with Crippen LogP contribution in [0.2, 0.25) is 0 Å². The van der Waals surface area contributed by atoms with Crippen molar-refractivity contribution in [2.24, 2.45) is 0 Å². The lowest BCUT2D eigenvalue weighted by Crippen LogP contribution is -2.01. The summed E-state index contributed by atoms with van der Waals surface area (Å²) in [5.74, 6) is 0.369. The Balaban J connectivity index is 1.90. The molecule has 0 radical (unpaired) electrons. The zero-order chi connectivity index (χ0) is 19.2. The van der Waals surface area contributed by atoms with Crippen molar-refractivity contribution in [1.29, 1.82) is 0 Å². The lowest BCUT2D eigenvalue weighted by molar-refractivity contribution is -0.137. The van der Waals surface area contributed by atoms with E-state index in [0.717, 1.165) is 31.6 Å². The quantitative estimate of drug-likeness (QED) is 0.151. The fourth-order valence-electron chi connectivity index (χ4n) is 2.81. The van der Waals surface area contributed by atoms with Gasteiger partial charge in [-0.15, -0.1) is 0 Å². The van der Waals surface area contributed by atoms with Crippen LogP contribution in [0, 0.1) is 10.7 Å². The fourth-order valence-corrected chi connectivity index (χ4v) is 6.70. The summed E-state index contributed by atoms with van der Waals surface area (Å²) in [7, 11) is 0. The van der Waals surface area contributed by atoms with Gasteiger partial charge < -0.3 is 9.84 Å². The molecule has 148 valence electrons. The van der Waals surface area contributed by atoms with Crippen LogP contribution in [0.5, 0.6) is 5.75 Å². The van der Waals surface area contributed by atoms with E-state index in [4.69, 9.17) is 9.84 Å². The van der Waals surface area contributed by atoms with E-state index in [-0.39, 0.29) is 0 Å². The zero-order valence-electron chi connectivity index (χ0n) is 15.2. The maximum Gasteiger partial charge on any atom is 0.303 e. The number of hydrogen-bond acceptors (Lipinski definition) is 2. The molecule has 0 unspecified atom stereocenters. The van der Waals surface area contributed by atoms with Gasteiger partial charge in [0.15, 0.2) is 0 Å². The second-order valence-electron chi connectivity index (χ2n) is 6.58. The van der Waals surface area contributed by atoms with Crippen LogP contribution in [0.3, 0.4) is 0 Å². The summed E-state index contributed by atoms with van der Waals surface area (Å²) in [5.41, 5.74) is 0. The van der Waals surface area contributed by atoms with Crippen LogP contribution in [-0.2, 0) is 4.79 Å². The first-order valence-electron chi connectivity index (χ1n) is 9.50. The van der Waals surface area contributed by atoms with Crippen LogP contribution in [0.15, 0.2) is 12.1 Å². The molecule has 6 heteroatoms. The minimum atomic E-state index is -0.668. The number of ether oxygens (including phenoxy) is 1. The number of benzene rings is 1. The molecular formula is C20H29I3O3. The first kappa shape index (κ1) is 24.7. The Morgan fingerprint density at radius 3 is 1.65 bits per heavy atom. The molecule has 0 aromatic heterocycles. The zero-order valence-corrected chi connectivity index (χ0v) is 21.7. The summed E-state index contributed by atoms with van der Waals surface area (Å²) in [4.78, 5) is 10.4. The van der Waals surface area contributed by atoms with Gasteiger partial charge in [0.25, 0.3) is 0 Å². The fraction of sp³-hybridized carbons (Fsp3) is 0.650. The Bertz CT molecular complexity index is 512. The third-order valence-electron chi connectivity index (χ3n) is 4.24. The molecule has 0 bridgehead atoms. The van der Waals surface area contributed by atoms with Gasteiger partial charge in [0.05, 0.1) is 13.7 Å². The van der Waals surface area contributed by atoms with Gasteiger partial charge in [0, 0.05) is 9.99 Å². The maximum atomic E-state index is 10.4. The average molecular weight is 698 g/mol. The topological polar surface area (TPSA) is 46.5 Å². The molecule has 0 aliphatic carbocycles. The van der Waals surface area contributed by atoms with Gasteiger partial charge in [0.1, 0.15) is 5.75 Å². The van der Waals surface area contributed by atoms with Crippen molar-refractivity contribution in [2.75, 3.05) is 6.61 Å². The van der Waals surface area contributed by atoms with Crippen molar-refractivity contribution in [2.45, 2.75) is 77.0 Å². The molecule has 1 aromatic carbocycles. The highest BCUT2D eigenvalue weighted by Gasteiger charge is 2.07. The summed E-state index contributed by atoms with van der Waals surface area (Å²) in [5, 5.41) is 8.57. The Labute approximate surface area is 198 Å². The van der Waals surface area contributed by atoms with Crippen molar-refractivity contribution < 1.29 is 14.6 Å². The summed E-state index contributed by atoms with van der Waals surface area (Å²) in [6.07, 6.45) is 13.6. The summed E-state index contributed by atoms with van der Waals surface area (Å²) in [6, 6.07) is 4.32. The van der Waals surface area contributed by atoms with Crippen molar-refractivity contribution in [3.8, 4) is 5.75 Å². The lowest BCUT2D eigenvalue weighted by Gasteiger charge is -2.11. The predicted molar refractivity (Wildman–Crippen MR) is 133 cm³/mol. The molecule has 0 aliphatic heterocycles. The molecule has 0 amide bonds. The highest BCUT2D eigenvalue weighted by atomic mass is 127. The van der Waals surface area contributed by atoms with E-state index in [1.165, 1.54) is 62.1 Å². The first-order chi connectivity index (χ1) is 12.5. The highest BCUT2D eigenvalue weighted by Crippen LogP contribution is 2.29. The minimum Gasteiger partial charge on any atom is -0.491 e. The molecule has 0 saturated heterocycles. The second kappa shape index (κ2) is 15.6. The number of halogens is 3. The van der Waals surface area contributed by atoms with Crippen molar-refractivity contribution in [3.05, 3.63) is 22.8 Å². The lowest BCUT2D eigenvalue weighted by atomic mass is 10.1. The number of carboxylic acids is 1. The highest BCUT2D eigenvalue weighted by molar-refractivity contribution is 14.1. The van der Waals surface area contributed by atoms with Crippen LogP contribution >= 0.6 is 67.8 Å². The van der Waals surface area contributed by atoms with Gasteiger partial charge in [-0.1, -0.05) is 57.8 Å². The first-order valence-corrected chi connectivity index (χ1v) is 12.7. The van der Waals surface area contributed by atoms with Crippen LogP contribution in [0.4, 0.5) is 0 Å². The summed E-state index contributed by atoms with van der Waals surface area (Å²) >= 11 is 7.04. The summed E-state index contributed by atoms with van der Waals surface area (Å²) < 4.78 is 9.62. The standard InChI is InChI=1S/C20H29I3O3/c21-16-14-17(22)20(18(23)15-16)26-13-11-9-7-5-3-1-2-4-6-8-10-12-19(24)25/h14-15H,1-13H2,(H,24,25). The molecule has 1 rings (SSSR count). The molecule has 1 N–H and O–H groups in total. The molecule has 1 aromatic rings. The molecule has 26 heavy (non-hydrogen) atoms. The van der Waals surface area contributed by atoms with E-state index < -0.39 is 5.97 Å². The third-order valence-corrected chi connectivity index (χ3v) is 6.47. The normalized spacial score (nSPS) is 10.9. The minimum absolute atomic E-state index is 0.325. The Morgan fingerprint density at radius 2 is 1.19 bits per heavy atom. The number of carboxylic acid groups (broad SMARTS) is 1. The van der Waals surface area contributed by atoms with Gasteiger partial charge in [-0.25, -0.2) is 0 Å². The monoisotopic (exact) mass is 698 g/mol. The summed E-state index contributed by atoms with van der Waals surface area (Å²) in [6.45, 7) is 0.808. The number of rotatable bonds is 15. The van der Waals surface area contributed by atoms with Crippen molar-refractivity contribution in [1.82, 2.24) is 0 Å². The largest absolute Gasteiger partial charge is 0.491 e. The maximum absolute atomic E-state index is 10.4. The van der Waals surface area contributed by atoms with Gasteiger partial charge >= 0.3 is 5.97 Å². The molecule has 0 fully saturated rings. The second-order valence-corrected chi connectivity index (χ2v) is 10.1. The smallest absolute Gasteiger partial charge is 0.303 e. The Hall–Kier alpha value is 0.680. The Morgan fingerprint density at radius 1 is 0.769 bits per heavy atom. The molecular weight excluding hydrogens is 669 g/mol. The Kier molecular flexibility index (Phi) is 14.8.